The Morgan fingerprint density at radius 2 is 2.33 bits per heavy atom. The fourth-order valence-electron chi connectivity index (χ4n) is 0.803. The monoisotopic (exact) mass is 201 g/mol. The third kappa shape index (κ3) is 2.60. The van der Waals surface area contributed by atoms with Crippen molar-refractivity contribution in [3.05, 3.63) is 11.0 Å². The first kappa shape index (κ1) is 9.74. The molecule has 0 aromatic carbocycles. The molecule has 1 heterocycles. The minimum Gasteiger partial charge on any atom is -0.307 e. The summed E-state index contributed by atoms with van der Waals surface area (Å²) < 4.78 is 0.565. The van der Waals surface area contributed by atoms with Gasteiger partial charge in [0.1, 0.15) is 4.32 Å². The molecule has 0 aromatic rings. The number of carbonyl (C=O) groups excluding carboxylic acids is 1. The third-order valence-electron chi connectivity index (χ3n) is 1.42. The second-order valence-electron chi connectivity index (χ2n) is 3.04. The van der Waals surface area contributed by atoms with E-state index in [1.807, 2.05) is 6.08 Å². The molecule has 1 fully saturated rings. The Morgan fingerprint density at radius 3 is 2.75 bits per heavy atom. The third-order valence-corrected chi connectivity index (χ3v) is 2.63. The molecule has 12 heavy (non-hydrogen) atoms. The maximum Gasteiger partial charge on any atom is 0.263 e. The van der Waals surface area contributed by atoms with Crippen molar-refractivity contribution in [2.24, 2.45) is 5.92 Å². The molecule has 0 spiro atoms. The lowest BCUT2D eigenvalue weighted by Gasteiger charge is -1.97. The second kappa shape index (κ2) is 4.05. The van der Waals surface area contributed by atoms with Gasteiger partial charge in [0, 0.05) is 0 Å². The zero-order chi connectivity index (χ0) is 9.14. The average Bonchev–Trinajstić information content (AvgIpc) is 2.26. The molecular weight excluding hydrogens is 190 g/mol. The number of hydrogen-bond acceptors (Lipinski definition) is 3. The average molecular weight is 201 g/mol. The summed E-state index contributed by atoms with van der Waals surface area (Å²) in [5, 5.41) is 2.58. The van der Waals surface area contributed by atoms with E-state index in [1.165, 1.54) is 11.8 Å². The van der Waals surface area contributed by atoms with Crippen molar-refractivity contribution < 1.29 is 4.79 Å². The zero-order valence-electron chi connectivity index (χ0n) is 7.09. The number of thioether (sulfide) groups is 1. The van der Waals surface area contributed by atoms with Crippen LogP contribution in [0.1, 0.15) is 20.3 Å². The van der Waals surface area contributed by atoms with Gasteiger partial charge in [0.05, 0.1) is 4.91 Å². The predicted octanol–water partition coefficient (Wildman–Crippen LogP) is 2.06. The maximum absolute atomic E-state index is 11.1. The Morgan fingerprint density at radius 1 is 1.67 bits per heavy atom. The number of thiocarbonyl (C=S) groups is 1. The summed E-state index contributed by atoms with van der Waals surface area (Å²) >= 11 is 6.19. The summed E-state index contributed by atoms with van der Waals surface area (Å²) in [6, 6.07) is 0. The van der Waals surface area contributed by atoms with Crippen molar-refractivity contribution in [1.29, 1.82) is 0 Å². The Kier molecular flexibility index (Phi) is 3.29. The Hall–Kier alpha value is -0.350. The molecule has 0 atom stereocenters. The van der Waals surface area contributed by atoms with Gasteiger partial charge in [-0.05, 0) is 12.3 Å². The van der Waals surface area contributed by atoms with Crippen molar-refractivity contribution >= 4 is 34.2 Å². The minimum absolute atomic E-state index is 0.0503. The molecular formula is C8H11NOS2. The summed E-state index contributed by atoms with van der Waals surface area (Å²) in [6.45, 7) is 4.24. The summed E-state index contributed by atoms with van der Waals surface area (Å²) in [5.74, 6) is 0.533. The molecule has 2 nitrogen and oxygen atoms in total. The molecule has 1 aliphatic rings. The molecule has 0 aliphatic carbocycles. The van der Waals surface area contributed by atoms with Gasteiger partial charge in [-0.2, -0.15) is 0 Å². The first-order valence-corrected chi connectivity index (χ1v) is 5.05. The van der Waals surface area contributed by atoms with Crippen LogP contribution in [0, 0.1) is 5.92 Å². The number of nitrogens with one attached hydrogen (secondary N) is 1. The number of carbonyl (C=O) groups is 1. The highest BCUT2D eigenvalue weighted by Crippen LogP contribution is 2.24. The van der Waals surface area contributed by atoms with E-state index in [4.69, 9.17) is 12.2 Å². The lowest BCUT2D eigenvalue weighted by Crippen LogP contribution is -2.17. The van der Waals surface area contributed by atoms with Crippen molar-refractivity contribution in [3.63, 3.8) is 0 Å². The van der Waals surface area contributed by atoms with Crippen LogP contribution in [-0.2, 0) is 4.79 Å². The zero-order valence-corrected chi connectivity index (χ0v) is 8.72. The van der Waals surface area contributed by atoms with Gasteiger partial charge in [-0.25, -0.2) is 0 Å². The Bertz CT molecular complexity index is 245. The number of rotatable bonds is 2. The van der Waals surface area contributed by atoms with E-state index < -0.39 is 0 Å². The lowest BCUT2D eigenvalue weighted by molar-refractivity contribution is -0.115. The topological polar surface area (TPSA) is 29.1 Å². The van der Waals surface area contributed by atoms with E-state index in [1.54, 1.807) is 0 Å². The molecule has 0 bridgehead atoms. The van der Waals surface area contributed by atoms with Gasteiger partial charge in [0.15, 0.2) is 0 Å². The van der Waals surface area contributed by atoms with Crippen molar-refractivity contribution in [2.45, 2.75) is 20.3 Å². The van der Waals surface area contributed by atoms with Crippen molar-refractivity contribution in [3.8, 4) is 0 Å². The van der Waals surface area contributed by atoms with Gasteiger partial charge in [0.2, 0.25) is 0 Å². The molecule has 1 saturated heterocycles. The Labute approximate surface area is 81.8 Å². The van der Waals surface area contributed by atoms with E-state index in [0.717, 1.165) is 11.3 Å². The van der Waals surface area contributed by atoms with Crippen LogP contribution in [0.3, 0.4) is 0 Å². The lowest BCUT2D eigenvalue weighted by atomic mass is 10.1. The van der Waals surface area contributed by atoms with Gasteiger partial charge in [0.25, 0.3) is 5.91 Å². The van der Waals surface area contributed by atoms with Crippen LogP contribution in [0.25, 0.3) is 0 Å². The Balaban J connectivity index is 2.57. The molecule has 66 valence electrons. The van der Waals surface area contributed by atoms with Crippen molar-refractivity contribution in [1.82, 2.24) is 5.32 Å². The maximum atomic E-state index is 11.1. The van der Waals surface area contributed by atoms with Gasteiger partial charge >= 0.3 is 0 Å². The van der Waals surface area contributed by atoms with Gasteiger partial charge < -0.3 is 5.32 Å². The highest BCUT2D eigenvalue weighted by Gasteiger charge is 2.21. The molecule has 1 rings (SSSR count). The molecule has 4 heteroatoms. The van der Waals surface area contributed by atoms with E-state index in [0.29, 0.717) is 10.2 Å². The summed E-state index contributed by atoms with van der Waals surface area (Å²) in [7, 11) is 0. The largest absolute Gasteiger partial charge is 0.307 e. The molecule has 0 saturated carbocycles. The van der Waals surface area contributed by atoms with Crippen molar-refractivity contribution in [2.75, 3.05) is 0 Å². The number of hydrogen-bond donors (Lipinski definition) is 1. The van der Waals surface area contributed by atoms with E-state index in [2.05, 4.69) is 19.2 Å². The molecule has 0 radical (unpaired) electrons. The van der Waals surface area contributed by atoms with Crippen LogP contribution >= 0.6 is 24.0 Å². The predicted molar refractivity (Wildman–Crippen MR) is 55.9 cm³/mol. The first-order valence-electron chi connectivity index (χ1n) is 3.83. The standard InChI is InChI=1S/C8H11NOS2/c1-5(2)3-4-6-7(10)9-8(11)12-6/h4-5H,3H2,1-2H3,(H,9,10,11)/b6-4+. The van der Waals surface area contributed by atoms with Gasteiger partial charge in [-0.3, -0.25) is 4.79 Å². The quantitative estimate of drug-likeness (QED) is 0.548. The fraction of sp³-hybridized carbons (Fsp3) is 0.500. The molecule has 1 N–H and O–H groups in total. The normalized spacial score (nSPS) is 20.8. The minimum atomic E-state index is -0.0503. The first-order chi connectivity index (χ1) is 5.59. The van der Waals surface area contributed by atoms with Crippen LogP contribution in [0.4, 0.5) is 0 Å². The number of allylic oxidation sites excluding steroid dienone is 1. The molecule has 1 aliphatic heterocycles. The fourth-order valence-corrected chi connectivity index (χ4v) is 1.83. The summed E-state index contributed by atoms with van der Waals surface area (Å²) in [4.78, 5) is 11.9. The number of amides is 1. The second-order valence-corrected chi connectivity index (χ2v) is 4.76. The van der Waals surface area contributed by atoms with Crippen LogP contribution < -0.4 is 5.32 Å². The SMILES string of the molecule is CC(C)C/C=C1/SC(=S)NC1=O. The highest BCUT2D eigenvalue weighted by atomic mass is 32.2. The van der Waals surface area contributed by atoms with E-state index in [9.17, 15) is 4.79 Å². The molecule has 0 aromatic heterocycles. The molecule has 1 amide bonds. The van der Waals surface area contributed by atoms with Gasteiger partial charge in [-0.1, -0.05) is 43.9 Å². The van der Waals surface area contributed by atoms with E-state index in [-0.39, 0.29) is 5.91 Å². The summed E-state index contributed by atoms with van der Waals surface area (Å²) in [5.41, 5.74) is 0. The van der Waals surface area contributed by atoms with Crippen LogP contribution in [0.5, 0.6) is 0 Å². The van der Waals surface area contributed by atoms with E-state index >= 15 is 0 Å². The smallest absolute Gasteiger partial charge is 0.263 e. The van der Waals surface area contributed by atoms with Crippen LogP contribution in [0.15, 0.2) is 11.0 Å². The summed E-state index contributed by atoms with van der Waals surface area (Å²) in [6.07, 6.45) is 2.88. The molecule has 0 unspecified atom stereocenters. The van der Waals surface area contributed by atoms with Crippen LogP contribution in [-0.4, -0.2) is 10.2 Å². The van der Waals surface area contributed by atoms with Crippen LogP contribution in [0.2, 0.25) is 0 Å². The highest BCUT2D eigenvalue weighted by molar-refractivity contribution is 8.26. The van der Waals surface area contributed by atoms with Gasteiger partial charge in [-0.15, -0.1) is 0 Å².